The molecular formula is C11H17ClN2O. The molecule has 0 spiro atoms. The molecule has 4 heteroatoms. The summed E-state index contributed by atoms with van der Waals surface area (Å²) in [6.45, 7) is 4.59. The van der Waals surface area contributed by atoms with Crippen LogP contribution in [0.4, 0.5) is 0 Å². The van der Waals surface area contributed by atoms with Gasteiger partial charge in [-0.25, -0.2) is 0 Å². The summed E-state index contributed by atoms with van der Waals surface area (Å²) in [6, 6.07) is 1.74. The fourth-order valence-electron chi connectivity index (χ4n) is 1.16. The quantitative estimate of drug-likeness (QED) is 0.843. The van der Waals surface area contributed by atoms with Crippen LogP contribution in [-0.2, 0) is 0 Å². The maximum atomic E-state index is 6.11. The number of rotatable bonds is 5. The molecule has 1 aromatic heterocycles. The molecular weight excluding hydrogens is 212 g/mol. The highest BCUT2D eigenvalue weighted by Gasteiger charge is 2.21. The zero-order chi connectivity index (χ0) is 11.3. The van der Waals surface area contributed by atoms with Crippen molar-refractivity contribution < 1.29 is 4.74 Å². The molecule has 2 N–H and O–H groups in total. The van der Waals surface area contributed by atoms with Gasteiger partial charge in [0.25, 0.3) is 0 Å². The first-order valence-electron chi connectivity index (χ1n) is 5.12. The first-order chi connectivity index (χ1) is 7.11. The van der Waals surface area contributed by atoms with Crippen LogP contribution < -0.4 is 10.5 Å². The average Bonchev–Trinajstić information content (AvgIpc) is 2.28. The summed E-state index contributed by atoms with van der Waals surface area (Å²) in [7, 11) is 0. The monoisotopic (exact) mass is 228 g/mol. The lowest BCUT2D eigenvalue weighted by molar-refractivity contribution is 0.207. The van der Waals surface area contributed by atoms with Gasteiger partial charge in [-0.1, -0.05) is 25.4 Å². The van der Waals surface area contributed by atoms with Crippen LogP contribution in [0.3, 0.4) is 0 Å². The molecule has 0 radical (unpaired) electrons. The minimum Gasteiger partial charge on any atom is -0.490 e. The van der Waals surface area contributed by atoms with Crippen LogP contribution in [0.5, 0.6) is 5.75 Å². The Morgan fingerprint density at radius 3 is 2.67 bits per heavy atom. The van der Waals surface area contributed by atoms with Gasteiger partial charge in [0.1, 0.15) is 17.4 Å². The second kappa shape index (κ2) is 5.33. The normalized spacial score (nSPS) is 11.5. The second-order valence-electron chi connectivity index (χ2n) is 3.66. The molecule has 1 aromatic rings. The fraction of sp³-hybridized carbons (Fsp3) is 0.545. The van der Waals surface area contributed by atoms with Crippen LogP contribution >= 0.6 is 11.6 Å². The Morgan fingerprint density at radius 1 is 1.47 bits per heavy atom. The molecule has 1 heterocycles. The third kappa shape index (κ3) is 3.36. The van der Waals surface area contributed by atoms with E-state index in [2.05, 4.69) is 18.8 Å². The topological polar surface area (TPSA) is 48.1 Å². The van der Waals surface area contributed by atoms with Gasteiger partial charge in [-0.3, -0.25) is 4.98 Å². The Morgan fingerprint density at radius 2 is 2.13 bits per heavy atom. The average molecular weight is 229 g/mol. The molecule has 0 unspecified atom stereocenters. The van der Waals surface area contributed by atoms with E-state index in [0.29, 0.717) is 17.4 Å². The predicted molar refractivity (Wildman–Crippen MR) is 62.2 cm³/mol. The third-order valence-electron chi connectivity index (χ3n) is 2.66. The molecule has 0 aliphatic rings. The van der Waals surface area contributed by atoms with E-state index in [1.54, 1.807) is 18.5 Å². The Labute approximate surface area is 95.6 Å². The smallest absolute Gasteiger partial charge is 0.141 e. The lowest BCUT2D eigenvalue weighted by Crippen LogP contribution is -2.44. The van der Waals surface area contributed by atoms with Gasteiger partial charge in [0, 0.05) is 24.0 Å². The molecule has 0 amide bonds. The summed E-state index contributed by atoms with van der Waals surface area (Å²) in [5, 5.41) is 0.520. The van der Waals surface area contributed by atoms with Crippen LogP contribution in [0, 0.1) is 0 Å². The van der Waals surface area contributed by atoms with E-state index < -0.39 is 0 Å². The first kappa shape index (κ1) is 12.3. The van der Waals surface area contributed by atoms with Crippen LogP contribution in [0.1, 0.15) is 26.7 Å². The van der Waals surface area contributed by atoms with Crippen molar-refractivity contribution >= 4 is 11.6 Å². The molecule has 84 valence electrons. The summed E-state index contributed by atoms with van der Waals surface area (Å²) in [5.41, 5.74) is 5.84. The van der Waals surface area contributed by atoms with E-state index in [9.17, 15) is 0 Å². The Bertz CT molecular complexity index is 313. The van der Waals surface area contributed by atoms with Crippen molar-refractivity contribution in [2.45, 2.75) is 32.2 Å². The minimum absolute atomic E-state index is 0.271. The third-order valence-corrected chi connectivity index (χ3v) is 2.94. The van der Waals surface area contributed by atoms with Gasteiger partial charge < -0.3 is 10.5 Å². The summed E-state index contributed by atoms with van der Waals surface area (Å²) in [6.07, 6.45) is 4.97. The van der Waals surface area contributed by atoms with Crippen molar-refractivity contribution in [2.75, 3.05) is 6.61 Å². The summed E-state index contributed by atoms with van der Waals surface area (Å²) < 4.78 is 5.59. The predicted octanol–water partition coefficient (Wildman–Crippen LogP) is 2.63. The highest BCUT2D eigenvalue weighted by Crippen LogP contribution is 2.23. The largest absolute Gasteiger partial charge is 0.490 e. The molecule has 0 saturated carbocycles. The number of halogens is 1. The standard InChI is InChI=1S/C11H17ClN2O/c1-3-11(13,4-2)8-15-10-5-6-14-7-9(10)12/h5-7H,3-4,8,13H2,1-2H3. The number of nitrogens with zero attached hydrogens (tertiary/aromatic N) is 1. The van der Waals surface area contributed by atoms with E-state index in [-0.39, 0.29) is 5.54 Å². The number of hydrogen-bond donors (Lipinski definition) is 1. The molecule has 0 aliphatic carbocycles. The molecule has 1 rings (SSSR count). The maximum Gasteiger partial charge on any atom is 0.141 e. The Hall–Kier alpha value is -0.800. The van der Waals surface area contributed by atoms with Crippen LogP contribution in [-0.4, -0.2) is 17.1 Å². The zero-order valence-electron chi connectivity index (χ0n) is 9.16. The lowest BCUT2D eigenvalue weighted by Gasteiger charge is -2.26. The van der Waals surface area contributed by atoms with Crippen LogP contribution in [0.2, 0.25) is 5.02 Å². The van der Waals surface area contributed by atoms with Gasteiger partial charge in [-0.05, 0) is 12.8 Å². The van der Waals surface area contributed by atoms with Gasteiger partial charge in [0.15, 0.2) is 0 Å². The Kier molecular flexibility index (Phi) is 4.36. The molecule has 3 nitrogen and oxygen atoms in total. The number of aromatic nitrogens is 1. The van der Waals surface area contributed by atoms with Gasteiger partial charge >= 0.3 is 0 Å². The highest BCUT2D eigenvalue weighted by molar-refractivity contribution is 6.31. The van der Waals surface area contributed by atoms with Crippen LogP contribution in [0.25, 0.3) is 0 Å². The van der Waals surface area contributed by atoms with E-state index in [0.717, 1.165) is 12.8 Å². The van der Waals surface area contributed by atoms with Gasteiger partial charge in [0.2, 0.25) is 0 Å². The van der Waals surface area contributed by atoms with E-state index in [4.69, 9.17) is 22.1 Å². The molecule has 0 saturated heterocycles. The van der Waals surface area contributed by atoms with Crippen LogP contribution in [0.15, 0.2) is 18.5 Å². The zero-order valence-corrected chi connectivity index (χ0v) is 9.92. The van der Waals surface area contributed by atoms with Gasteiger partial charge in [-0.2, -0.15) is 0 Å². The molecule has 0 atom stereocenters. The molecule has 0 bridgehead atoms. The Balaban J connectivity index is 2.61. The molecule has 15 heavy (non-hydrogen) atoms. The van der Waals surface area contributed by atoms with E-state index in [1.165, 1.54) is 0 Å². The lowest BCUT2D eigenvalue weighted by atomic mass is 9.96. The van der Waals surface area contributed by atoms with Crippen molar-refractivity contribution in [1.82, 2.24) is 4.98 Å². The minimum atomic E-state index is -0.271. The highest BCUT2D eigenvalue weighted by atomic mass is 35.5. The maximum absolute atomic E-state index is 6.11. The molecule has 0 fully saturated rings. The molecule has 0 aromatic carbocycles. The summed E-state index contributed by atoms with van der Waals surface area (Å²) in [4.78, 5) is 3.89. The number of nitrogens with two attached hydrogens (primary N) is 1. The summed E-state index contributed by atoms with van der Waals surface area (Å²) in [5.74, 6) is 0.642. The second-order valence-corrected chi connectivity index (χ2v) is 4.07. The van der Waals surface area contributed by atoms with E-state index >= 15 is 0 Å². The first-order valence-corrected chi connectivity index (χ1v) is 5.50. The van der Waals surface area contributed by atoms with Crippen molar-refractivity contribution in [3.63, 3.8) is 0 Å². The van der Waals surface area contributed by atoms with Crippen molar-refractivity contribution in [1.29, 1.82) is 0 Å². The van der Waals surface area contributed by atoms with Crippen molar-refractivity contribution in [3.8, 4) is 5.75 Å². The fourth-order valence-corrected chi connectivity index (χ4v) is 1.33. The summed E-state index contributed by atoms with van der Waals surface area (Å²) >= 11 is 5.91. The van der Waals surface area contributed by atoms with E-state index in [1.807, 2.05) is 0 Å². The van der Waals surface area contributed by atoms with Crippen molar-refractivity contribution in [2.24, 2.45) is 5.73 Å². The SMILES string of the molecule is CCC(N)(CC)COc1ccncc1Cl. The molecule has 0 aliphatic heterocycles. The number of pyridine rings is 1. The van der Waals surface area contributed by atoms with Gasteiger partial charge in [-0.15, -0.1) is 0 Å². The van der Waals surface area contributed by atoms with Crippen molar-refractivity contribution in [3.05, 3.63) is 23.5 Å². The number of hydrogen-bond acceptors (Lipinski definition) is 3. The van der Waals surface area contributed by atoms with Gasteiger partial charge in [0.05, 0.1) is 0 Å². The number of ether oxygens (including phenoxy) is 1.